The van der Waals surface area contributed by atoms with Crippen molar-refractivity contribution in [2.75, 3.05) is 6.54 Å². The molecule has 0 radical (unpaired) electrons. The Bertz CT molecular complexity index is 700. The maximum atomic E-state index is 12.9. The lowest BCUT2D eigenvalue weighted by atomic mass is 10.1. The van der Waals surface area contributed by atoms with Crippen LogP contribution in [0, 0.1) is 5.82 Å². The summed E-state index contributed by atoms with van der Waals surface area (Å²) in [6, 6.07) is 9.54. The molecule has 0 spiro atoms. The van der Waals surface area contributed by atoms with E-state index in [1.165, 1.54) is 35.4 Å². The van der Waals surface area contributed by atoms with Gasteiger partial charge in [0.25, 0.3) is 0 Å². The van der Waals surface area contributed by atoms with Crippen LogP contribution >= 0.6 is 23.2 Å². The highest BCUT2D eigenvalue weighted by Crippen LogP contribution is 2.31. The van der Waals surface area contributed by atoms with E-state index in [-0.39, 0.29) is 11.6 Å². The lowest BCUT2D eigenvalue weighted by Crippen LogP contribution is -2.18. The van der Waals surface area contributed by atoms with Crippen molar-refractivity contribution < 1.29 is 9.18 Å². The molecular formula is C18H16Cl2FNO. The Morgan fingerprint density at radius 1 is 1.04 bits per heavy atom. The highest BCUT2D eigenvalue weighted by atomic mass is 35.5. The number of fused-ring (bicyclic) bond motifs is 1. The van der Waals surface area contributed by atoms with Crippen LogP contribution in [0.3, 0.4) is 0 Å². The molecule has 0 unspecified atom stereocenters. The zero-order valence-electron chi connectivity index (χ0n) is 12.5. The van der Waals surface area contributed by atoms with Crippen LogP contribution in [0.2, 0.25) is 10.0 Å². The molecule has 0 atom stereocenters. The number of nitrogens with zero attached hydrogens (tertiary/aromatic N) is 1. The second-order valence-electron chi connectivity index (χ2n) is 5.78. The number of halogens is 3. The molecule has 0 fully saturated rings. The van der Waals surface area contributed by atoms with E-state index in [0.29, 0.717) is 22.0 Å². The van der Waals surface area contributed by atoms with Crippen LogP contribution in [0.5, 0.6) is 0 Å². The zero-order valence-corrected chi connectivity index (χ0v) is 14.0. The fourth-order valence-electron chi connectivity index (χ4n) is 2.86. The van der Waals surface area contributed by atoms with Gasteiger partial charge in [-0.3, -0.25) is 9.69 Å². The van der Waals surface area contributed by atoms with Gasteiger partial charge in [-0.1, -0.05) is 23.2 Å². The van der Waals surface area contributed by atoms with E-state index in [4.69, 9.17) is 23.2 Å². The molecule has 0 aromatic heterocycles. The second kappa shape index (κ2) is 7.00. The van der Waals surface area contributed by atoms with Gasteiger partial charge >= 0.3 is 0 Å². The number of hydrogen-bond acceptors (Lipinski definition) is 2. The van der Waals surface area contributed by atoms with Crippen LogP contribution in [0.1, 0.15) is 34.3 Å². The molecule has 0 N–H and O–H groups in total. The van der Waals surface area contributed by atoms with E-state index in [0.717, 1.165) is 26.1 Å². The molecule has 1 aliphatic rings. The molecule has 1 aliphatic heterocycles. The molecule has 120 valence electrons. The molecule has 0 saturated heterocycles. The summed E-state index contributed by atoms with van der Waals surface area (Å²) >= 11 is 12.1. The van der Waals surface area contributed by atoms with Gasteiger partial charge in [0.2, 0.25) is 0 Å². The number of benzene rings is 2. The molecule has 5 heteroatoms. The van der Waals surface area contributed by atoms with Crippen LogP contribution in [0.15, 0.2) is 36.4 Å². The van der Waals surface area contributed by atoms with Crippen molar-refractivity contribution in [2.45, 2.75) is 25.9 Å². The summed E-state index contributed by atoms with van der Waals surface area (Å²) < 4.78 is 12.9. The predicted octanol–water partition coefficient (Wildman–Crippen LogP) is 5.11. The minimum Gasteiger partial charge on any atom is -0.295 e. The quantitative estimate of drug-likeness (QED) is 0.697. The lowest BCUT2D eigenvalue weighted by Gasteiger charge is -2.14. The molecule has 1 heterocycles. The van der Waals surface area contributed by atoms with E-state index < -0.39 is 0 Å². The van der Waals surface area contributed by atoms with Crippen molar-refractivity contribution in [3.05, 3.63) is 69.0 Å². The van der Waals surface area contributed by atoms with E-state index in [9.17, 15) is 9.18 Å². The minimum absolute atomic E-state index is 0.0489. The molecule has 2 aromatic carbocycles. The molecule has 2 nitrogen and oxygen atoms in total. The topological polar surface area (TPSA) is 20.3 Å². The Morgan fingerprint density at radius 2 is 1.61 bits per heavy atom. The van der Waals surface area contributed by atoms with Crippen molar-refractivity contribution in [1.29, 1.82) is 0 Å². The Hall–Kier alpha value is -1.42. The van der Waals surface area contributed by atoms with Gasteiger partial charge in [0.15, 0.2) is 5.78 Å². The van der Waals surface area contributed by atoms with Crippen LogP contribution in [-0.4, -0.2) is 17.2 Å². The normalized spacial score (nSPS) is 14.0. The van der Waals surface area contributed by atoms with Crippen molar-refractivity contribution in [1.82, 2.24) is 4.90 Å². The van der Waals surface area contributed by atoms with Crippen molar-refractivity contribution in [2.24, 2.45) is 0 Å². The molecule has 0 bridgehead atoms. The SMILES string of the molecule is O=C(CCCN1Cc2cc(Cl)c(Cl)cc2C1)c1ccc(F)cc1. The first-order valence-corrected chi connectivity index (χ1v) is 8.26. The summed E-state index contributed by atoms with van der Waals surface area (Å²) in [5, 5.41) is 1.16. The number of rotatable bonds is 5. The van der Waals surface area contributed by atoms with E-state index >= 15 is 0 Å². The van der Waals surface area contributed by atoms with Gasteiger partial charge in [-0.05, 0) is 60.5 Å². The van der Waals surface area contributed by atoms with Crippen LogP contribution in [0.25, 0.3) is 0 Å². The minimum atomic E-state index is -0.325. The molecule has 0 aliphatic carbocycles. The largest absolute Gasteiger partial charge is 0.295 e. The van der Waals surface area contributed by atoms with Gasteiger partial charge in [-0.2, -0.15) is 0 Å². The van der Waals surface area contributed by atoms with Gasteiger partial charge in [0, 0.05) is 25.1 Å². The third-order valence-corrected chi connectivity index (χ3v) is 4.80. The van der Waals surface area contributed by atoms with Gasteiger partial charge in [0.1, 0.15) is 5.82 Å². The number of carbonyl (C=O) groups excluding carboxylic acids is 1. The third kappa shape index (κ3) is 3.92. The highest BCUT2D eigenvalue weighted by Gasteiger charge is 2.20. The second-order valence-corrected chi connectivity index (χ2v) is 6.59. The summed E-state index contributed by atoms with van der Waals surface area (Å²) in [7, 11) is 0. The van der Waals surface area contributed by atoms with E-state index in [2.05, 4.69) is 4.90 Å². The molecule has 0 saturated carbocycles. The van der Waals surface area contributed by atoms with Crippen LogP contribution < -0.4 is 0 Å². The first-order chi connectivity index (χ1) is 11.0. The van der Waals surface area contributed by atoms with Crippen molar-refractivity contribution in [3.8, 4) is 0 Å². The van der Waals surface area contributed by atoms with E-state index in [1.54, 1.807) is 0 Å². The predicted molar refractivity (Wildman–Crippen MR) is 90.5 cm³/mol. The maximum Gasteiger partial charge on any atom is 0.162 e. The van der Waals surface area contributed by atoms with Gasteiger partial charge in [-0.15, -0.1) is 0 Å². The summed E-state index contributed by atoms with van der Waals surface area (Å²) in [5.41, 5.74) is 2.96. The first kappa shape index (κ1) is 16.4. The number of ketones is 1. The smallest absolute Gasteiger partial charge is 0.162 e. The Labute approximate surface area is 144 Å². The number of hydrogen-bond donors (Lipinski definition) is 0. The lowest BCUT2D eigenvalue weighted by molar-refractivity contribution is 0.0974. The van der Waals surface area contributed by atoms with E-state index in [1.807, 2.05) is 12.1 Å². The summed E-state index contributed by atoms with van der Waals surface area (Å²) in [6.45, 7) is 2.49. The van der Waals surface area contributed by atoms with Gasteiger partial charge < -0.3 is 0 Å². The zero-order chi connectivity index (χ0) is 16.4. The summed E-state index contributed by atoms with van der Waals surface area (Å²) in [4.78, 5) is 14.3. The fourth-order valence-corrected chi connectivity index (χ4v) is 3.24. The Kier molecular flexibility index (Phi) is 5.00. The van der Waals surface area contributed by atoms with Crippen LogP contribution in [-0.2, 0) is 13.1 Å². The average molecular weight is 352 g/mol. The Morgan fingerprint density at radius 3 is 2.17 bits per heavy atom. The molecule has 0 amide bonds. The summed E-state index contributed by atoms with van der Waals surface area (Å²) in [6.07, 6.45) is 1.23. The van der Waals surface area contributed by atoms with Gasteiger partial charge in [-0.25, -0.2) is 4.39 Å². The highest BCUT2D eigenvalue weighted by molar-refractivity contribution is 6.42. The molecular weight excluding hydrogens is 336 g/mol. The summed E-state index contributed by atoms with van der Waals surface area (Å²) in [5.74, 6) is -0.276. The first-order valence-electron chi connectivity index (χ1n) is 7.51. The monoisotopic (exact) mass is 351 g/mol. The van der Waals surface area contributed by atoms with Gasteiger partial charge in [0.05, 0.1) is 10.0 Å². The van der Waals surface area contributed by atoms with Crippen molar-refractivity contribution >= 4 is 29.0 Å². The fraction of sp³-hybridized carbons (Fsp3) is 0.278. The Balaban J connectivity index is 1.50. The standard InChI is InChI=1S/C18H16Cl2FNO/c19-16-8-13-10-22(11-14(13)9-17(16)20)7-1-2-18(23)12-3-5-15(21)6-4-12/h3-6,8-9H,1-2,7,10-11H2. The number of carbonyl (C=O) groups is 1. The average Bonchev–Trinajstić information content (AvgIpc) is 2.90. The van der Waals surface area contributed by atoms with Crippen LogP contribution in [0.4, 0.5) is 4.39 Å². The van der Waals surface area contributed by atoms with Crippen molar-refractivity contribution in [3.63, 3.8) is 0 Å². The maximum absolute atomic E-state index is 12.9. The molecule has 23 heavy (non-hydrogen) atoms. The molecule has 2 aromatic rings. The number of Topliss-reactive ketones (excluding diaryl/α,β-unsaturated/α-hetero) is 1. The third-order valence-electron chi connectivity index (χ3n) is 4.07. The molecule has 3 rings (SSSR count).